The van der Waals surface area contributed by atoms with Crippen LogP contribution in [0.5, 0.6) is 0 Å². The smallest absolute Gasteiger partial charge is 0.209 e. The number of anilines is 2. The van der Waals surface area contributed by atoms with Crippen molar-refractivity contribution in [1.82, 2.24) is 14.7 Å². The maximum absolute atomic E-state index is 13.0. The Hall–Kier alpha value is -2.09. The lowest BCUT2D eigenvalue weighted by Crippen LogP contribution is -2.22. The highest BCUT2D eigenvalue weighted by atomic mass is 32.1. The van der Waals surface area contributed by atoms with Gasteiger partial charge in [0.05, 0.1) is 6.67 Å². The van der Waals surface area contributed by atoms with Gasteiger partial charge in [-0.2, -0.15) is 0 Å². The van der Waals surface area contributed by atoms with E-state index in [0.29, 0.717) is 15.8 Å². The summed E-state index contributed by atoms with van der Waals surface area (Å²) in [7, 11) is 2.04. The van der Waals surface area contributed by atoms with Gasteiger partial charge in [-0.3, -0.25) is 4.90 Å². The Labute approximate surface area is 155 Å². The highest BCUT2D eigenvalue weighted by Crippen LogP contribution is 2.21. The van der Waals surface area contributed by atoms with Crippen molar-refractivity contribution in [3.8, 4) is 0 Å². The van der Waals surface area contributed by atoms with Crippen molar-refractivity contribution in [3.63, 3.8) is 0 Å². The van der Waals surface area contributed by atoms with Crippen LogP contribution in [0.1, 0.15) is 11.1 Å². The zero-order valence-corrected chi connectivity index (χ0v) is 15.7. The zero-order valence-electron chi connectivity index (χ0n) is 14.1. The third kappa shape index (κ3) is 4.72. The summed E-state index contributed by atoms with van der Waals surface area (Å²) < 4.78 is 15.5. The van der Waals surface area contributed by atoms with Gasteiger partial charge in [-0.05, 0) is 61.6 Å². The molecule has 0 fully saturated rings. The van der Waals surface area contributed by atoms with Crippen molar-refractivity contribution in [2.24, 2.45) is 0 Å². The van der Waals surface area contributed by atoms with Gasteiger partial charge < -0.3 is 5.32 Å². The van der Waals surface area contributed by atoms with Gasteiger partial charge in [0.15, 0.2) is 3.95 Å². The molecule has 0 aliphatic rings. The molecule has 0 bridgehead atoms. The van der Waals surface area contributed by atoms with Gasteiger partial charge in [0.25, 0.3) is 0 Å². The van der Waals surface area contributed by atoms with Gasteiger partial charge in [0, 0.05) is 12.2 Å². The lowest BCUT2D eigenvalue weighted by molar-refractivity contribution is 0.245. The van der Waals surface area contributed by atoms with Gasteiger partial charge in [-0.15, -0.1) is 5.10 Å². The summed E-state index contributed by atoms with van der Waals surface area (Å²) >= 11 is 6.81. The molecule has 0 aliphatic carbocycles. The van der Waals surface area contributed by atoms with Gasteiger partial charge in [-0.25, -0.2) is 9.07 Å². The van der Waals surface area contributed by atoms with Gasteiger partial charge in [0.2, 0.25) is 5.13 Å². The molecule has 3 aromatic rings. The van der Waals surface area contributed by atoms with Gasteiger partial charge in [0.1, 0.15) is 5.82 Å². The van der Waals surface area contributed by atoms with E-state index in [9.17, 15) is 4.39 Å². The minimum atomic E-state index is -0.262. The Bertz CT molecular complexity index is 902. The van der Waals surface area contributed by atoms with E-state index in [4.69, 9.17) is 12.2 Å². The number of nitrogens with one attached hydrogen (secondary N) is 1. The molecule has 0 aliphatic heterocycles. The molecular formula is C18H19FN4S2. The topological polar surface area (TPSA) is 33.1 Å². The predicted molar refractivity (Wildman–Crippen MR) is 103 cm³/mol. The highest BCUT2D eigenvalue weighted by molar-refractivity contribution is 7.73. The Morgan fingerprint density at radius 3 is 2.64 bits per heavy atom. The maximum atomic E-state index is 13.0. The standard InChI is InChI=1S/C18H19FN4S2/c1-13-5-3-4-6-14(13)11-22(2)12-23-18(24)25-17(21-23)20-16-9-7-15(19)8-10-16/h3-10H,11-12H2,1-2H3,(H,20,21). The average molecular weight is 375 g/mol. The molecule has 1 N–H and O–H groups in total. The molecule has 0 amide bonds. The van der Waals surface area contributed by atoms with E-state index in [1.54, 1.807) is 16.8 Å². The summed E-state index contributed by atoms with van der Waals surface area (Å²) in [5, 5.41) is 8.37. The molecule has 2 aromatic carbocycles. The van der Waals surface area contributed by atoms with E-state index in [1.165, 1.54) is 34.6 Å². The number of aromatic nitrogens is 2. The third-order valence-electron chi connectivity index (χ3n) is 3.78. The first-order chi connectivity index (χ1) is 12.0. The molecule has 0 spiro atoms. The van der Waals surface area contributed by atoms with Crippen molar-refractivity contribution in [1.29, 1.82) is 0 Å². The number of hydrogen-bond acceptors (Lipinski definition) is 5. The minimum Gasteiger partial charge on any atom is -0.330 e. The minimum absolute atomic E-state index is 0.262. The first kappa shape index (κ1) is 17.7. The number of nitrogens with zero attached hydrogens (tertiary/aromatic N) is 3. The molecular weight excluding hydrogens is 355 g/mol. The Kier molecular flexibility index (Phi) is 5.57. The Balaban J connectivity index is 1.67. The fourth-order valence-corrected chi connectivity index (χ4v) is 3.47. The van der Waals surface area contributed by atoms with Crippen molar-refractivity contribution >= 4 is 34.4 Å². The second-order valence-electron chi connectivity index (χ2n) is 5.89. The first-order valence-electron chi connectivity index (χ1n) is 7.85. The summed E-state index contributed by atoms with van der Waals surface area (Å²) in [5.41, 5.74) is 3.34. The van der Waals surface area contributed by atoms with Gasteiger partial charge >= 0.3 is 0 Å². The van der Waals surface area contributed by atoms with E-state index >= 15 is 0 Å². The zero-order chi connectivity index (χ0) is 17.8. The fraction of sp³-hybridized carbons (Fsp3) is 0.222. The molecule has 0 saturated heterocycles. The molecule has 1 heterocycles. The van der Waals surface area contributed by atoms with Crippen molar-refractivity contribution in [3.05, 3.63) is 69.4 Å². The van der Waals surface area contributed by atoms with Crippen molar-refractivity contribution < 1.29 is 4.39 Å². The van der Waals surface area contributed by atoms with Crippen LogP contribution in [0.3, 0.4) is 0 Å². The Morgan fingerprint density at radius 1 is 1.20 bits per heavy atom. The molecule has 0 atom stereocenters. The second-order valence-corrected chi connectivity index (χ2v) is 7.51. The van der Waals surface area contributed by atoms with E-state index in [0.717, 1.165) is 12.2 Å². The fourth-order valence-electron chi connectivity index (χ4n) is 2.46. The van der Waals surface area contributed by atoms with E-state index in [2.05, 4.69) is 40.4 Å². The van der Waals surface area contributed by atoms with Crippen molar-refractivity contribution in [2.45, 2.75) is 20.1 Å². The number of benzene rings is 2. The Morgan fingerprint density at radius 2 is 1.92 bits per heavy atom. The second kappa shape index (κ2) is 7.86. The molecule has 3 rings (SSSR count). The first-order valence-corrected chi connectivity index (χ1v) is 9.07. The van der Waals surface area contributed by atoms with Crippen LogP contribution in [-0.4, -0.2) is 21.7 Å². The SMILES string of the molecule is Cc1ccccc1CN(C)Cn1nc(Nc2ccc(F)cc2)sc1=S. The monoisotopic (exact) mass is 374 g/mol. The normalized spacial score (nSPS) is 11.0. The van der Waals surface area contributed by atoms with Crippen molar-refractivity contribution in [2.75, 3.05) is 12.4 Å². The maximum Gasteiger partial charge on any atom is 0.209 e. The molecule has 25 heavy (non-hydrogen) atoms. The number of aryl methyl sites for hydroxylation is 1. The number of rotatable bonds is 6. The average Bonchev–Trinajstić information content (AvgIpc) is 2.91. The molecule has 1 aromatic heterocycles. The van der Waals surface area contributed by atoms with Crippen LogP contribution in [-0.2, 0) is 13.2 Å². The van der Waals surface area contributed by atoms with Crippen LogP contribution in [0.15, 0.2) is 48.5 Å². The van der Waals surface area contributed by atoms with Crippen LogP contribution >= 0.6 is 23.6 Å². The molecule has 0 unspecified atom stereocenters. The largest absolute Gasteiger partial charge is 0.330 e. The highest BCUT2D eigenvalue weighted by Gasteiger charge is 2.08. The summed E-state index contributed by atoms with van der Waals surface area (Å²) in [6, 6.07) is 14.5. The number of hydrogen-bond donors (Lipinski definition) is 1. The van der Waals surface area contributed by atoms with Crippen LogP contribution in [0, 0.1) is 16.7 Å². The summed E-state index contributed by atoms with van der Waals surface area (Å²) in [6.45, 7) is 3.55. The molecule has 0 radical (unpaired) electrons. The van der Waals surface area contributed by atoms with Gasteiger partial charge in [-0.1, -0.05) is 35.6 Å². The van der Waals surface area contributed by atoms with E-state index in [1.807, 2.05) is 13.1 Å². The molecule has 7 heteroatoms. The third-order valence-corrected chi connectivity index (χ3v) is 5.00. The summed E-state index contributed by atoms with van der Waals surface area (Å²) in [5.74, 6) is -0.262. The van der Waals surface area contributed by atoms with E-state index in [-0.39, 0.29) is 5.82 Å². The lowest BCUT2D eigenvalue weighted by Gasteiger charge is -2.17. The summed E-state index contributed by atoms with van der Waals surface area (Å²) in [6.07, 6.45) is 0. The molecule has 130 valence electrons. The molecule has 0 saturated carbocycles. The van der Waals surface area contributed by atoms with Crippen LogP contribution in [0.2, 0.25) is 0 Å². The van der Waals surface area contributed by atoms with E-state index < -0.39 is 0 Å². The van der Waals surface area contributed by atoms with Crippen LogP contribution in [0.4, 0.5) is 15.2 Å². The lowest BCUT2D eigenvalue weighted by atomic mass is 10.1. The quantitative estimate of drug-likeness (QED) is 0.619. The molecule has 4 nitrogen and oxygen atoms in total. The summed E-state index contributed by atoms with van der Waals surface area (Å²) in [4.78, 5) is 2.17. The number of halogens is 1. The predicted octanol–water partition coefficient (Wildman–Crippen LogP) is 4.95. The van der Waals surface area contributed by atoms with Crippen LogP contribution in [0.25, 0.3) is 0 Å². The van der Waals surface area contributed by atoms with Crippen LogP contribution < -0.4 is 5.32 Å².